The molecule has 2 rings (SSSR count). The number of aromatic hydroxyl groups is 1. The van der Waals surface area contributed by atoms with E-state index in [0.29, 0.717) is 10.7 Å². The van der Waals surface area contributed by atoms with E-state index in [0.717, 1.165) is 0 Å². The summed E-state index contributed by atoms with van der Waals surface area (Å²) >= 11 is 5.71. The van der Waals surface area contributed by atoms with Crippen LogP contribution in [0.3, 0.4) is 0 Å². The second-order valence-corrected chi connectivity index (χ2v) is 6.90. The van der Waals surface area contributed by atoms with Crippen LogP contribution in [0.2, 0.25) is 5.02 Å². The summed E-state index contributed by atoms with van der Waals surface area (Å²) in [5, 5.41) is 12.2. The maximum atomic E-state index is 12.0. The number of hydrogen-bond donors (Lipinski definition) is 3. The Bertz CT molecular complexity index is 774. The second kappa shape index (κ2) is 7.45. The van der Waals surface area contributed by atoms with E-state index in [-0.39, 0.29) is 29.5 Å². The Morgan fingerprint density at radius 3 is 2.26 bits per heavy atom. The minimum atomic E-state index is -3.67. The number of anilines is 1. The van der Waals surface area contributed by atoms with Crippen LogP contribution in [-0.4, -0.2) is 26.0 Å². The average Bonchev–Trinajstić information content (AvgIpc) is 2.50. The van der Waals surface area contributed by atoms with Crippen molar-refractivity contribution in [2.75, 3.05) is 11.9 Å². The van der Waals surface area contributed by atoms with E-state index in [9.17, 15) is 13.2 Å². The van der Waals surface area contributed by atoms with Crippen LogP contribution in [0.15, 0.2) is 53.4 Å². The number of phenols is 1. The number of amides is 1. The lowest BCUT2D eigenvalue weighted by Gasteiger charge is -2.08. The van der Waals surface area contributed by atoms with Gasteiger partial charge in [-0.2, -0.15) is 0 Å². The Balaban J connectivity index is 1.85. The highest BCUT2D eigenvalue weighted by atomic mass is 35.5. The minimum Gasteiger partial charge on any atom is -0.508 e. The molecule has 0 aromatic heterocycles. The van der Waals surface area contributed by atoms with Gasteiger partial charge in [0.2, 0.25) is 15.9 Å². The molecule has 2 aromatic rings. The number of nitrogens with one attached hydrogen (secondary N) is 2. The molecular formula is C15H15ClN2O4S. The Morgan fingerprint density at radius 2 is 1.65 bits per heavy atom. The fourth-order valence-electron chi connectivity index (χ4n) is 1.76. The van der Waals surface area contributed by atoms with Crippen molar-refractivity contribution < 1.29 is 18.3 Å². The SMILES string of the molecule is O=C(CCNS(=O)(=O)c1ccc(Cl)cc1)Nc1ccc(O)cc1. The first kappa shape index (κ1) is 17.3. The van der Waals surface area contributed by atoms with E-state index in [1.165, 1.54) is 36.4 Å². The Kier molecular flexibility index (Phi) is 5.59. The minimum absolute atomic E-state index is 0.0201. The van der Waals surface area contributed by atoms with Crippen molar-refractivity contribution in [3.8, 4) is 5.75 Å². The molecule has 122 valence electrons. The summed E-state index contributed by atoms with van der Waals surface area (Å²) < 4.78 is 26.4. The van der Waals surface area contributed by atoms with Gasteiger partial charge in [0, 0.05) is 23.7 Å². The molecule has 0 unspecified atom stereocenters. The molecule has 0 fully saturated rings. The fourth-order valence-corrected chi connectivity index (χ4v) is 2.92. The lowest BCUT2D eigenvalue weighted by Crippen LogP contribution is -2.27. The number of hydrogen-bond acceptors (Lipinski definition) is 4. The van der Waals surface area contributed by atoms with Crippen molar-refractivity contribution in [1.29, 1.82) is 0 Å². The molecule has 3 N–H and O–H groups in total. The topological polar surface area (TPSA) is 95.5 Å². The van der Waals surface area contributed by atoms with Crippen LogP contribution in [0, 0.1) is 0 Å². The Labute approximate surface area is 139 Å². The number of benzene rings is 2. The van der Waals surface area contributed by atoms with Gasteiger partial charge in [-0.25, -0.2) is 13.1 Å². The second-order valence-electron chi connectivity index (χ2n) is 4.70. The van der Waals surface area contributed by atoms with E-state index in [4.69, 9.17) is 16.7 Å². The van der Waals surface area contributed by atoms with Crippen molar-refractivity contribution in [1.82, 2.24) is 4.72 Å². The van der Waals surface area contributed by atoms with E-state index in [2.05, 4.69) is 10.0 Å². The van der Waals surface area contributed by atoms with Crippen LogP contribution in [0.4, 0.5) is 5.69 Å². The first-order valence-electron chi connectivity index (χ1n) is 6.71. The predicted octanol–water partition coefficient (Wildman–Crippen LogP) is 2.35. The Hall–Kier alpha value is -2.09. The van der Waals surface area contributed by atoms with Gasteiger partial charge in [0.25, 0.3) is 0 Å². The van der Waals surface area contributed by atoms with Crippen molar-refractivity contribution in [3.05, 3.63) is 53.6 Å². The Morgan fingerprint density at radius 1 is 1.04 bits per heavy atom. The van der Waals surface area contributed by atoms with Gasteiger partial charge in [-0.3, -0.25) is 4.79 Å². The first-order valence-corrected chi connectivity index (χ1v) is 8.57. The number of phenolic OH excluding ortho intramolecular Hbond substituents is 1. The summed E-state index contributed by atoms with van der Waals surface area (Å²) in [6, 6.07) is 11.7. The van der Waals surface area contributed by atoms with Crippen molar-refractivity contribution in [3.63, 3.8) is 0 Å². The smallest absolute Gasteiger partial charge is 0.240 e. The van der Waals surface area contributed by atoms with Crippen LogP contribution in [-0.2, 0) is 14.8 Å². The van der Waals surface area contributed by atoms with E-state index in [1.54, 1.807) is 12.1 Å². The first-order chi connectivity index (χ1) is 10.9. The standard InChI is InChI=1S/C15H15ClN2O4S/c16-11-1-7-14(8-2-11)23(21,22)17-10-9-15(20)18-12-3-5-13(19)6-4-12/h1-8,17,19H,9-10H2,(H,18,20). The highest BCUT2D eigenvalue weighted by molar-refractivity contribution is 7.89. The van der Waals surface area contributed by atoms with Crippen LogP contribution in [0.1, 0.15) is 6.42 Å². The third kappa shape index (κ3) is 5.24. The van der Waals surface area contributed by atoms with E-state index >= 15 is 0 Å². The highest BCUT2D eigenvalue weighted by Crippen LogP contribution is 2.15. The van der Waals surface area contributed by atoms with Gasteiger partial charge in [-0.1, -0.05) is 11.6 Å². The van der Waals surface area contributed by atoms with E-state index in [1.807, 2.05) is 0 Å². The fraction of sp³-hybridized carbons (Fsp3) is 0.133. The quantitative estimate of drug-likeness (QED) is 0.694. The molecule has 0 saturated heterocycles. The molecule has 0 aliphatic rings. The third-order valence-electron chi connectivity index (χ3n) is 2.92. The molecule has 2 aromatic carbocycles. The molecule has 0 bridgehead atoms. The van der Waals surface area contributed by atoms with Gasteiger partial charge in [0.05, 0.1) is 4.90 Å². The molecule has 0 aliphatic carbocycles. The molecule has 0 spiro atoms. The number of sulfonamides is 1. The molecule has 1 amide bonds. The van der Waals surface area contributed by atoms with Gasteiger partial charge < -0.3 is 10.4 Å². The normalized spacial score (nSPS) is 11.2. The van der Waals surface area contributed by atoms with E-state index < -0.39 is 10.0 Å². The third-order valence-corrected chi connectivity index (χ3v) is 4.65. The zero-order valence-electron chi connectivity index (χ0n) is 12.0. The lowest BCUT2D eigenvalue weighted by atomic mass is 10.3. The van der Waals surface area contributed by atoms with Crippen LogP contribution in [0.25, 0.3) is 0 Å². The van der Waals surface area contributed by atoms with Crippen LogP contribution >= 0.6 is 11.6 Å². The molecule has 0 heterocycles. The van der Waals surface area contributed by atoms with Crippen molar-refractivity contribution in [2.45, 2.75) is 11.3 Å². The van der Waals surface area contributed by atoms with Gasteiger partial charge >= 0.3 is 0 Å². The molecule has 0 atom stereocenters. The summed E-state index contributed by atoms with van der Waals surface area (Å²) in [7, 11) is -3.67. The maximum absolute atomic E-state index is 12.0. The van der Waals surface area contributed by atoms with Gasteiger partial charge in [-0.15, -0.1) is 0 Å². The zero-order chi connectivity index (χ0) is 16.9. The zero-order valence-corrected chi connectivity index (χ0v) is 13.6. The molecule has 23 heavy (non-hydrogen) atoms. The molecule has 0 aliphatic heterocycles. The van der Waals surface area contributed by atoms with Crippen LogP contribution in [0.5, 0.6) is 5.75 Å². The summed E-state index contributed by atoms with van der Waals surface area (Å²) in [5.41, 5.74) is 0.522. The number of carbonyl (C=O) groups is 1. The monoisotopic (exact) mass is 354 g/mol. The molecule has 0 radical (unpaired) electrons. The highest BCUT2D eigenvalue weighted by Gasteiger charge is 2.14. The van der Waals surface area contributed by atoms with Gasteiger partial charge in [0.1, 0.15) is 5.75 Å². The molecule has 8 heteroatoms. The number of carbonyl (C=O) groups excluding carboxylic acids is 1. The summed E-state index contributed by atoms with van der Waals surface area (Å²) in [6.45, 7) is -0.0329. The number of rotatable bonds is 6. The predicted molar refractivity (Wildman–Crippen MR) is 88.0 cm³/mol. The maximum Gasteiger partial charge on any atom is 0.240 e. The van der Waals surface area contributed by atoms with Crippen LogP contribution < -0.4 is 10.0 Å². The van der Waals surface area contributed by atoms with Gasteiger partial charge in [-0.05, 0) is 48.5 Å². The van der Waals surface area contributed by atoms with Crippen molar-refractivity contribution >= 4 is 33.2 Å². The summed E-state index contributed by atoms with van der Waals surface area (Å²) in [5.74, 6) is -0.242. The summed E-state index contributed by atoms with van der Waals surface area (Å²) in [6.07, 6.45) is -0.0201. The number of halogens is 1. The largest absolute Gasteiger partial charge is 0.508 e. The molecular weight excluding hydrogens is 340 g/mol. The molecule has 6 nitrogen and oxygen atoms in total. The lowest BCUT2D eigenvalue weighted by molar-refractivity contribution is -0.116. The summed E-state index contributed by atoms with van der Waals surface area (Å²) in [4.78, 5) is 11.8. The van der Waals surface area contributed by atoms with Gasteiger partial charge in [0.15, 0.2) is 0 Å². The molecule has 0 saturated carbocycles. The van der Waals surface area contributed by atoms with Crippen molar-refractivity contribution in [2.24, 2.45) is 0 Å². The average molecular weight is 355 g/mol.